The fourth-order valence-electron chi connectivity index (χ4n) is 3.40. The number of carbonyl (C=O) groups excluding carboxylic acids is 2. The molecule has 2 fully saturated rings. The van der Waals surface area contributed by atoms with Crippen LogP contribution in [0.2, 0.25) is 0 Å². The summed E-state index contributed by atoms with van der Waals surface area (Å²) in [6.07, 6.45) is 2.82. The Bertz CT molecular complexity index is 571. The molecule has 1 aromatic rings. The highest BCUT2D eigenvalue weighted by molar-refractivity contribution is 5.82. The van der Waals surface area contributed by atoms with Crippen molar-refractivity contribution in [2.45, 2.75) is 50.8 Å². The normalized spacial score (nSPS) is 22.0. The minimum atomic E-state index is -1.12. The van der Waals surface area contributed by atoms with Gasteiger partial charge in [0.15, 0.2) is 6.10 Å². The van der Waals surface area contributed by atoms with Gasteiger partial charge in [-0.2, -0.15) is 0 Å². The third kappa shape index (κ3) is 3.55. The van der Waals surface area contributed by atoms with Crippen molar-refractivity contribution in [3.8, 4) is 0 Å². The van der Waals surface area contributed by atoms with Crippen LogP contribution < -0.4 is 0 Å². The van der Waals surface area contributed by atoms with Crippen molar-refractivity contribution in [2.75, 3.05) is 13.1 Å². The molecule has 0 spiro atoms. The van der Waals surface area contributed by atoms with Gasteiger partial charge in [0, 0.05) is 32.1 Å². The lowest BCUT2D eigenvalue weighted by molar-refractivity contribution is -0.143. The van der Waals surface area contributed by atoms with E-state index in [1.807, 2.05) is 23.1 Å². The highest BCUT2D eigenvalue weighted by Gasteiger charge is 2.38. The second-order valence-electron chi connectivity index (χ2n) is 6.54. The lowest BCUT2D eigenvalue weighted by Crippen LogP contribution is -2.46. The Kier molecular flexibility index (Phi) is 4.66. The molecular weight excluding hydrogens is 292 g/mol. The number of aliphatic hydroxyl groups excluding tert-OH is 1. The Morgan fingerprint density at radius 3 is 2.57 bits per heavy atom. The minimum Gasteiger partial charge on any atom is -0.378 e. The van der Waals surface area contributed by atoms with Gasteiger partial charge in [-0.15, -0.1) is 0 Å². The summed E-state index contributed by atoms with van der Waals surface area (Å²) in [5, 5.41) is 10.4. The molecule has 2 atom stereocenters. The molecule has 5 nitrogen and oxygen atoms in total. The number of aliphatic hydroxyl groups is 1. The molecule has 1 aliphatic carbocycles. The summed E-state index contributed by atoms with van der Waals surface area (Å²) < 4.78 is 0. The van der Waals surface area contributed by atoms with Crippen molar-refractivity contribution in [3.05, 3.63) is 35.9 Å². The number of benzene rings is 1. The molecule has 1 saturated heterocycles. The van der Waals surface area contributed by atoms with Gasteiger partial charge in [0.2, 0.25) is 5.91 Å². The summed E-state index contributed by atoms with van der Waals surface area (Å²) in [6.45, 7) is 2.84. The monoisotopic (exact) mass is 316 g/mol. The number of likely N-dealkylation sites (tertiary alicyclic amines) is 1. The molecule has 2 amide bonds. The van der Waals surface area contributed by atoms with Crippen molar-refractivity contribution in [1.82, 2.24) is 9.80 Å². The van der Waals surface area contributed by atoms with E-state index in [0.717, 1.165) is 25.7 Å². The van der Waals surface area contributed by atoms with Crippen LogP contribution in [-0.4, -0.2) is 51.9 Å². The highest BCUT2D eigenvalue weighted by Crippen LogP contribution is 2.30. The smallest absolute Gasteiger partial charge is 0.256 e. The minimum absolute atomic E-state index is 0.0189. The summed E-state index contributed by atoms with van der Waals surface area (Å²) in [6, 6.07) is 9.39. The average Bonchev–Trinajstić information content (AvgIpc) is 3.29. The Labute approximate surface area is 136 Å². The molecule has 3 rings (SSSR count). The maximum atomic E-state index is 12.7. The van der Waals surface area contributed by atoms with Crippen molar-refractivity contribution in [2.24, 2.45) is 0 Å². The highest BCUT2D eigenvalue weighted by atomic mass is 16.3. The van der Waals surface area contributed by atoms with Crippen molar-refractivity contribution in [3.63, 3.8) is 0 Å². The SMILES string of the molecule is CC(=O)N(C[C@@H]1CCCN1C(=O)[C@H](O)c1ccccc1)C1CC1. The van der Waals surface area contributed by atoms with Crippen molar-refractivity contribution >= 4 is 11.8 Å². The molecule has 0 radical (unpaired) electrons. The predicted octanol–water partition coefficient (Wildman–Crippen LogP) is 1.72. The van der Waals surface area contributed by atoms with Crippen LogP contribution in [0.1, 0.15) is 44.3 Å². The molecule has 0 unspecified atom stereocenters. The number of carbonyl (C=O) groups is 2. The van der Waals surface area contributed by atoms with Crippen LogP contribution in [0.5, 0.6) is 0 Å². The Morgan fingerprint density at radius 2 is 1.96 bits per heavy atom. The second-order valence-corrected chi connectivity index (χ2v) is 6.54. The molecular formula is C18H24N2O3. The molecule has 5 heteroatoms. The number of amides is 2. The van der Waals surface area contributed by atoms with E-state index in [1.165, 1.54) is 0 Å². The zero-order valence-electron chi connectivity index (χ0n) is 13.5. The first-order chi connectivity index (χ1) is 11.1. The van der Waals surface area contributed by atoms with E-state index in [2.05, 4.69) is 0 Å². The lowest BCUT2D eigenvalue weighted by atomic mass is 10.1. The fraction of sp³-hybridized carbons (Fsp3) is 0.556. The van der Waals surface area contributed by atoms with Crippen LogP contribution in [0.4, 0.5) is 0 Å². The summed E-state index contributed by atoms with van der Waals surface area (Å²) in [4.78, 5) is 28.1. The van der Waals surface area contributed by atoms with E-state index >= 15 is 0 Å². The third-order valence-electron chi connectivity index (χ3n) is 4.81. The van der Waals surface area contributed by atoms with E-state index in [0.29, 0.717) is 24.7 Å². The van der Waals surface area contributed by atoms with E-state index in [-0.39, 0.29) is 17.9 Å². The van der Waals surface area contributed by atoms with Gasteiger partial charge >= 0.3 is 0 Å². The first-order valence-electron chi connectivity index (χ1n) is 8.38. The van der Waals surface area contributed by atoms with Gasteiger partial charge < -0.3 is 14.9 Å². The van der Waals surface area contributed by atoms with Crippen molar-refractivity contribution in [1.29, 1.82) is 0 Å². The zero-order chi connectivity index (χ0) is 16.4. The fourth-order valence-corrected chi connectivity index (χ4v) is 3.40. The van der Waals surface area contributed by atoms with E-state index in [1.54, 1.807) is 24.0 Å². The van der Waals surface area contributed by atoms with Crippen molar-refractivity contribution < 1.29 is 14.7 Å². The largest absolute Gasteiger partial charge is 0.378 e. The van der Waals surface area contributed by atoms with Crippen LogP contribution in [0.25, 0.3) is 0 Å². The summed E-state index contributed by atoms with van der Waals surface area (Å²) in [5.41, 5.74) is 0.619. The van der Waals surface area contributed by atoms with Gasteiger partial charge in [0.25, 0.3) is 5.91 Å². The van der Waals surface area contributed by atoms with E-state index in [9.17, 15) is 14.7 Å². The Morgan fingerprint density at radius 1 is 1.26 bits per heavy atom. The number of nitrogens with zero attached hydrogens (tertiary/aromatic N) is 2. The molecule has 1 aromatic carbocycles. The van der Waals surface area contributed by atoms with Crippen LogP contribution in [0.15, 0.2) is 30.3 Å². The molecule has 23 heavy (non-hydrogen) atoms. The zero-order valence-corrected chi connectivity index (χ0v) is 13.5. The number of hydrogen-bond donors (Lipinski definition) is 1. The molecule has 1 N–H and O–H groups in total. The Hall–Kier alpha value is -1.88. The molecule has 1 aliphatic heterocycles. The summed E-state index contributed by atoms with van der Waals surface area (Å²) in [7, 11) is 0. The molecule has 1 heterocycles. The van der Waals surface area contributed by atoms with Gasteiger partial charge in [-0.25, -0.2) is 0 Å². The summed E-state index contributed by atoms with van der Waals surface area (Å²) >= 11 is 0. The molecule has 124 valence electrons. The van der Waals surface area contributed by atoms with E-state index < -0.39 is 6.10 Å². The van der Waals surface area contributed by atoms with Crippen LogP contribution in [-0.2, 0) is 9.59 Å². The number of rotatable bonds is 5. The number of hydrogen-bond acceptors (Lipinski definition) is 3. The topological polar surface area (TPSA) is 60.9 Å². The van der Waals surface area contributed by atoms with Crippen LogP contribution >= 0.6 is 0 Å². The molecule has 1 saturated carbocycles. The average molecular weight is 316 g/mol. The standard InChI is InChI=1S/C18H24N2O3/c1-13(21)20(15-9-10-15)12-16-8-5-11-19(16)18(23)17(22)14-6-3-2-4-7-14/h2-4,6-7,15-17,22H,5,8-12H2,1H3/t16-,17+/m0/s1. The maximum absolute atomic E-state index is 12.7. The van der Waals surface area contributed by atoms with Crippen LogP contribution in [0.3, 0.4) is 0 Å². The first-order valence-corrected chi connectivity index (χ1v) is 8.38. The van der Waals surface area contributed by atoms with E-state index in [4.69, 9.17) is 0 Å². The quantitative estimate of drug-likeness (QED) is 0.900. The first kappa shape index (κ1) is 16.0. The Balaban J connectivity index is 1.68. The predicted molar refractivity (Wildman–Crippen MR) is 86.5 cm³/mol. The van der Waals surface area contributed by atoms with Gasteiger partial charge in [-0.05, 0) is 31.2 Å². The second kappa shape index (κ2) is 6.71. The summed E-state index contributed by atoms with van der Waals surface area (Å²) in [5.74, 6) is -0.173. The van der Waals surface area contributed by atoms with Gasteiger partial charge in [-0.1, -0.05) is 30.3 Å². The molecule has 0 bridgehead atoms. The van der Waals surface area contributed by atoms with Gasteiger partial charge in [-0.3, -0.25) is 9.59 Å². The van der Waals surface area contributed by atoms with Gasteiger partial charge in [0.05, 0.1) is 0 Å². The lowest BCUT2D eigenvalue weighted by Gasteiger charge is -2.31. The molecule has 0 aromatic heterocycles. The maximum Gasteiger partial charge on any atom is 0.256 e. The third-order valence-corrected chi connectivity index (χ3v) is 4.81. The van der Waals surface area contributed by atoms with Crippen LogP contribution in [0, 0.1) is 0 Å². The molecule has 2 aliphatic rings. The van der Waals surface area contributed by atoms with Gasteiger partial charge in [0.1, 0.15) is 0 Å².